The molecule has 0 spiro atoms. The van der Waals surface area contributed by atoms with E-state index < -0.39 is 0 Å². The van der Waals surface area contributed by atoms with Crippen LogP contribution in [-0.4, -0.2) is 53.6 Å². The maximum atomic E-state index is 12.8. The summed E-state index contributed by atoms with van der Waals surface area (Å²) < 4.78 is 0. The molecule has 0 atom stereocenters. The Hall–Kier alpha value is -2.70. The number of fused-ring (bicyclic) bond motifs is 1. The number of hydrogen-bond donors (Lipinski definition) is 2. The molecule has 5 nitrogen and oxygen atoms in total. The van der Waals surface area contributed by atoms with Gasteiger partial charge in [0.2, 0.25) is 0 Å². The van der Waals surface area contributed by atoms with E-state index >= 15 is 0 Å². The molecule has 170 valence electrons. The average Bonchev–Trinajstić information content (AvgIpc) is 2.74. The van der Waals surface area contributed by atoms with Crippen LogP contribution < -0.4 is 10.9 Å². The number of rotatable bonds is 9. The lowest BCUT2D eigenvalue weighted by Crippen LogP contribution is -2.42. The van der Waals surface area contributed by atoms with E-state index in [1.807, 2.05) is 25.1 Å². The summed E-state index contributed by atoms with van der Waals surface area (Å²) in [5.41, 5.74) is 5.17. The van der Waals surface area contributed by atoms with Crippen LogP contribution in [0.5, 0.6) is 0 Å². The lowest BCUT2D eigenvalue weighted by Gasteiger charge is -2.26. The van der Waals surface area contributed by atoms with Gasteiger partial charge in [-0.2, -0.15) is 0 Å². The molecule has 2 N–H and O–H groups in total. The lowest BCUT2D eigenvalue weighted by atomic mass is 10.0. The Balaban J connectivity index is 1.75. The molecule has 1 aromatic heterocycles. The fraction of sp³-hybridized carbons (Fsp3) is 0.385. The van der Waals surface area contributed by atoms with E-state index in [-0.39, 0.29) is 5.56 Å². The topological polar surface area (TPSA) is 51.4 Å². The predicted octanol–water partition coefficient (Wildman–Crippen LogP) is 4.02. The van der Waals surface area contributed by atoms with Crippen molar-refractivity contribution in [1.82, 2.24) is 20.1 Å². The third kappa shape index (κ3) is 6.65. The molecule has 0 saturated heterocycles. The van der Waals surface area contributed by atoms with Gasteiger partial charge in [0.1, 0.15) is 0 Å². The van der Waals surface area contributed by atoms with Crippen molar-refractivity contribution in [3.8, 4) is 0 Å². The minimum absolute atomic E-state index is 0.0489. The molecule has 0 aliphatic rings. The summed E-state index contributed by atoms with van der Waals surface area (Å²) in [5, 5.41) is 5.18. The highest BCUT2D eigenvalue weighted by Crippen LogP contribution is 2.19. The number of pyridine rings is 1. The molecule has 2 aromatic carbocycles. The fourth-order valence-corrected chi connectivity index (χ4v) is 4.20. The van der Waals surface area contributed by atoms with Gasteiger partial charge in [-0.1, -0.05) is 36.4 Å². The third-order valence-electron chi connectivity index (χ3n) is 5.60. The number of nitrogens with zero attached hydrogens (tertiary/aromatic N) is 2. The zero-order valence-electron chi connectivity index (χ0n) is 19.6. The van der Waals surface area contributed by atoms with Gasteiger partial charge < -0.3 is 20.1 Å². The first-order valence-electron chi connectivity index (χ1n) is 11.2. The summed E-state index contributed by atoms with van der Waals surface area (Å²) >= 11 is 5.74. The first-order valence-corrected chi connectivity index (χ1v) is 11.6. The second kappa shape index (κ2) is 11.2. The van der Waals surface area contributed by atoms with Crippen LogP contribution >= 0.6 is 12.2 Å². The minimum Gasteiger partial charge on any atom is -0.362 e. The Morgan fingerprint density at radius 1 is 1.06 bits per heavy atom. The molecule has 0 unspecified atom stereocenters. The largest absolute Gasteiger partial charge is 0.362 e. The number of aromatic nitrogens is 1. The van der Waals surface area contributed by atoms with E-state index in [1.165, 1.54) is 11.1 Å². The number of aryl methyl sites for hydroxylation is 2. The molecular formula is C26H34N4OS. The molecule has 0 saturated carbocycles. The molecule has 0 aliphatic carbocycles. The van der Waals surface area contributed by atoms with Crippen LogP contribution in [0, 0.1) is 13.8 Å². The van der Waals surface area contributed by atoms with E-state index in [0.29, 0.717) is 11.7 Å². The van der Waals surface area contributed by atoms with E-state index in [9.17, 15) is 4.79 Å². The van der Waals surface area contributed by atoms with Crippen molar-refractivity contribution in [2.75, 3.05) is 33.7 Å². The summed E-state index contributed by atoms with van der Waals surface area (Å²) in [6.07, 6.45) is 1.87. The highest BCUT2D eigenvalue weighted by Gasteiger charge is 2.14. The Morgan fingerprint density at radius 2 is 1.81 bits per heavy atom. The molecule has 3 rings (SSSR count). The summed E-state index contributed by atoms with van der Waals surface area (Å²) in [6.45, 7) is 7.14. The molecular weight excluding hydrogens is 416 g/mol. The van der Waals surface area contributed by atoms with Crippen LogP contribution in [0.15, 0.2) is 53.3 Å². The molecule has 0 amide bonds. The van der Waals surface area contributed by atoms with Crippen LogP contribution in [-0.2, 0) is 13.0 Å². The first kappa shape index (κ1) is 24.0. The van der Waals surface area contributed by atoms with Crippen LogP contribution in [0.25, 0.3) is 10.9 Å². The number of benzene rings is 2. The average molecular weight is 451 g/mol. The van der Waals surface area contributed by atoms with Crippen molar-refractivity contribution in [3.63, 3.8) is 0 Å². The Bertz CT molecular complexity index is 1110. The molecule has 0 fully saturated rings. The van der Waals surface area contributed by atoms with Crippen molar-refractivity contribution in [1.29, 1.82) is 0 Å². The molecule has 6 heteroatoms. The van der Waals surface area contributed by atoms with E-state index in [0.717, 1.165) is 54.5 Å². The van der Waals surface area contributed by atoms with Crippen molar-refractivity contribution >= 4 is 28.2 Å². The molecule has 3 aromatic rings. The van der Waals surface area contributed by atoms with Crippen LogP contribution in [0.1, 0.15) is 28.7 Å². The van der Waals surface area contributed by atoms with Crippen molar-refractivity contribution in [2.45, 2.75) is 33.2 Å². The third-order valence-corrected chi connectivity index (χ3v) is 6.01. The van der Waals surface area contributed by atoms with Crippen LogP contribution in [0.3, 0.4) is 0 Å². The number of H-pyrrole nitrogens is 1. The van der Waals surface area contributed by atoms with Crippen molar-refractivity contribution < 1.29 is 0 Å². The highest BCUT2D eigenvalue weighted by atomic mass is 32.1. The van der Waals surface area contributed by atoms with Gasteiger partial charge in [0.15, 0.2) is 5.11 Å². The van der Waals surface area contributed by atoms with Crippen molar-refractivity contribution in [3.05, 3.63) is 81.1 Å². The van der Waals surface area contributed by atoms with Gasteiger partial charge in [0.25, 0.3) is 5.56 Å². The monoisotopic (exact) mass is 450 g/mol. The number of aromatic amines is 1. The highest BCUT2D eigenvalue weighted by molar-refractivity contribution is 7.80. The van der Waals surface area contributed by atoms with Gasteiger partial charge in [0.05, 0.1) is 6.54 Å². The molecule has 0 aliphatic heterocycles. The van der Waals surface area contributed by atoms with Crippen LogP contribution in [0.4, 0.5) is 0 Å². The van der Waals surface area contributed by atoms with Gasteiger partial charge in [-0.3, -0.25) is 4.79 Å². The number of thiocarbonyl (C=S) groups is 1. The lowest BCUT2D eigenvalue weighted by molar-refractivity contribution is 0.341. The van der Waals surface area contributed by atoms with Gasteiger partial charge in [-0.05, 0) is 88.4 Å². The van der Waals surface area contributed by atoms with E-state index in [4.69, 9.17) is 12.2 Å². The van der Waals surface area contributed by atoms with Crippen molar-refractivity contribution in [2.24, 2.45) is 0 Å². The second-order valence-electron chi connectivity index (χ2n) is 8.71. The molecule has 0 radical (unpaired) electrons. The number of hydrogen-bond acceptors (Lipinski definition) is 3. The zero-order valence-corrected chi connectivity index (χ0v) is 20.4. The predicted molar refractivity (Wildman–Crippen MR) is 138 cm³/mol. The second-order valence-corrected chi connectivity index (χ2v) is 9.10. The van der Waals surface area contributed by atoms with E-state index in [1.54, 1.807) is 0 Å². The van der Waals surface area contributed by atoms with Gasteiger partial charge in [-0.15, -0.1) is 0 Å². The first-order chi connectivity index (χ1) is 15.3. The fourth-order valence-electron chi connectivity index (χ4n) is 3.94. The Morgan fingerprint density at radius 3 is 2.53 bits per heavy atom. The maximum absolute atomic E-state index is 12.8. The summed E-state index contributed by atoms with van der Waals surface area (Å²) in [6, 6.07) is 16.6. The summed E-state index contributed by atoms with van der Waals surface area (Å²) in [4.78, 5) is 20.2. The van der Waals surface area contributed by atoms with Crippen LogP contribution in [0.2, 0.25) is 0 Å². The maximum Gasteiger partial charge on any atom is 0.253 e. The molecule has 32 heavy (non-hydrogen) atoms. The smallest absolute Gasteiger partial charge is 0.253 e. The Labute approximate surface area is 196 Å². The SMILES string of the molecule is Cc1cc(C)c2cc(CN(CCCN(C)C)C(=S)NCCc3ccccc3)c(=O)[nH]c2c1. The standard InChI is InChI=1S/C26H34N4OS/c1-19-15-20(2)23-17-22(25(31)28-24(23)16-19)18-30(14-8-13-29(3)4)26(32)27-12-11-21-9-6-5-7-10-21/h5-7,9-10,15-17H,8,11-14,18H2,1-4H3,(H,27,32)(H,28,31). The van der Waals surface area contributed by atoms with E-state index in [2.05, 4.69) is 71.5 Å². The van der Waals surface area contributed by atoms with Gasteiger partial charge >= 0.3 is 0 Å². The quantitative estimate of drug-likeness (QED) is 0.483. The normalized spacial score (nSPS) is 11.2. The number of nitrogens with one attached hydrogen (secondary N) is 2. The van der Waals surface area contributed by atoms with Gasteiger partial charge in [0, 0.05) is 29.6 Å². The zero-order chi connectivity index (χ0) is 23.1. The summed E-state index contributed by atoms with van der Waals surface area (Å²) in [5.74, 6) is 0. The minimum atomic E-state index is -0.0489. The summed E-state index contributed by atoms with van der Waals surface area (Å²) in [7, 11) is 4.14. The van der Waals surface area contributed by atoms with Gasteiger partial charge in [-0.25, -0.2) is 0 Å². The Kier molecular flexibility index (Phi) is 8.42. The molecule has 0 bridgehead atoms. The molecule has 1 heterocycles.